The fourth-order valence-corrected chi connectivity index (χ4v) is 2.82. The van der Waals surface area contributed by atoms with Gasteiger partial charge in [-0.25, -0.2) is 8.78 Å². The first kappa shape index (κ1) is 13.6. The van der Waals surface area contributed by atoms with E-state index < -0.39 is 17.4 Å². The Morgan fingerprint density at radius 3 is 2.71 bits per heavy atom. The second kappa shape index (κ2) is 5.21. The van der Waals surface area contributed by atoms with Crippen LogP contribution in [0.5, 0.6) is 0 Å². The van der Waals surface area contributed by atoms with Crippen LogP contribution < -0.4 is 5.56 Å². The molecule has 0 spiro atoms. The SMILES string of the molecule is O=C(Cn1ccc2sccc2c1=O)c1ccc(F)c(F)c1. The lowest BCUT2D eigenvalue weighted by Crippen LogP contribution is -2.23. The second-order valence-corrected chi connectivity index (χ2v) is 5.45. The van der Waals surface area contributed by atoms with Crippen LogP contribution in [0, 0.1) is 11.6 Å². The van der Waals surface area contributed by atoms with E-state index in [9.17, 15) is 18.4 Å². The van der Waals surface area contributed by atoms with Crippen LogP contribution in [0.25, 0.3) is 10.1 Å². The van der Waals surface area contributed by atoms with Gasteiger partial charge in [0, 0.05) is 16.5 Å². The summed E-state index contributed by atoms with van der Waals surface area (Å²) in [6, 6.07) is 6.38. The van der Waals surface area contributed by atoms with Gasteiger partial charge in [0.1, 0.15) is 0 Å². The van der Waals surface area contributed by atoms with Crippen LogP contribution in [0.1, 0.15) is 10.4 Å². The van der Waals surface area contributed by atoms with Crippen LogP contribution in [0.2, 0.25) is 0 Å². The molecule has 0 fully saturated rings. The Bertz CT molecular complexity index is 898. The van der Waals surface area contributed by atoms with Crippen molar-refractivity contribution in [3.8, 4) is 0 Å². The van der Waals surface area contributed by atoms with Gasteiger partial charge in [-0.1, -0.05) is 0 Å². The first-order valence-corrected chi connectivity index (χ1v) is 6.99. The number of thiophene rings is 1. The summed E-state index contributed by atoms with van der Waals surface area (Å²) >= 11 is 1.44. The predicted molar refractivity (Wildman–Crippen MR) is 76.8 cm³/mol. The molecule has 3 aromatic rings. The van der Waals surface area contributed by atoms with Gasteiger partial charge in [0.2, 0.25) is 0 Å². The third-order valence-electron chi connectivity index (χ3n) is 3.15. The highest BCUT2D eigenvalue weighted by Crippen LogP contribution is 2.16. The normalized spacial score (nSPS) is 11.0. The van der Waals surface area contributed by atoms with Crippen molar-refractivity contribution in [2.24, 2.45) is 0 Å². The van der Waals surface area contributed by atoms with Crippen molar-refractivity contribution in [2.45, 2.75) is 6.54 Å². The van der Waals surface area contributed by atoms with Crippen LogP contribution in [0.15, 0.2) is 46.7 Å². The average Bonchev–Trinajstić information content (AvgIpc) is 2.94. The lowest BCUT2D eigenvalue weighted by atomic mass is 10.1. The first-order valence-electron chi connectivity index (χ1n) is 6.11. The lowest BCUT2D eigenvalue weighted by molar-refractivity contribution is 0.0970. The Balaban J connectivity index is 1.94. The lowest BCUT2D eigenvalue weighted by Gasteiger charge is -2.05. The largest absolute Gasteiger partial charge is 0.307 e. The molecular weight excluding hydrogens is 296 g/mol. The predicted octanol–water partition coefficient (Wildman–Crippen LogP) is 3.22. The quantitative estimate of drug-likeness (QED) is 0.697. The van der Waals surface area contributed by atoms with Gasteiger partial charge < -0.3 is 4.57 Å². The molecule has 21 heavy (non-hydrogen) atoms. The van der Waals surface area contributed by atoms with Gasteiger partial charge in [-0.05, 0) is 35.7 Å². The van der Waals surface area contributed by atoms with Gasteiger partial charge in [-0.2, -0.15) is 0 Å². The standard InChI is InChI=1S/C15H9F2NO2S/c16-11-2-1-9(7-12(11)17)13(19)8-18-5-3-14-10(15(18)20)4-6-21-14/h1-7H,8H2. The number of benzene rings is 1. The van der Waals surface area contributed by atoms with Crippen LogP contribution in [-0.2, 0) is 6.54 Å². The Kier molecular flexibility index (Phi) is 3.39. The van der Waals surface area contributed by atoms with E-state index in [0.717, 1.165) is 16.8 Å². The molecular formula is C15H9F2NO2S. The molecule has 0 bridgehead atoms. The smallest absolute Gasteiger partial charge is 0.259 e. The molecule has 0 amide bonds. The van der Waals surface area contributed by atoms with Gasteiger partial charge in [-0.3, -0.25) is 9.59 Å². The molecule has 0 aliphatic carbocycles. The number of nitrogens with zero attached hydrogens (tertiary/aromatic N) is 1. The molecule has 0 aliphatic heterocycles. The molecule has 3 nitrogen and oxygen atoms in total. The molecule has 0 radical (unpaired) electrons. The highest BCUT2D eigenvalue weighted by atomic mass is 32.1. The number of ketones is 1. The molecule has 2 aromatic heterocycles. The summed E-state index contributed by atoms with van der Waals surface area (Å²) in [6.07, 6.45) is 1.53. The fraction of sp³-hybridized carbons (Fsp3) is 0.0667. The Morgan fingerprint density at radius 1 is 1.14 bits per heavy atom. The van der Waals surface area contributed by atoms with Gasteiger partial charge in [0.15, 0.2) is 17.4 Å². The van der Waals surface area contributed by atoms with E-state index in [2.05, 4.69) is 0 Å². The number of hydrogen-bond acceptors (Lipinski definition) is 3. The van der Waals surface area contributed by atoms with E-state index in [4.69, 9.17) is 0 Å². The number of aromatic nitrogens is 1. The molecule has 0 aliphatic rings. The molecule has 0 saturated carbocycles. The summed E-state index contributed by atoms with van der Waals surface area (Å²) in [4.78, 5) is 24.2. The van der Waals surface area contributed by atoms with Crippen molar-refractivity contribution in [3.63, 3.8) is 0 Å². The molecule has 6 heteroatoms. The zero-order chi connectivity index (χ0) is 15.0. The van der Waals surface area contributed by atoms with Gasteiger partial charge >= 0.3 is 0 Å². The highest BCUT2D eigenvalue weighted by molar-refractivity contribution is 7.17. The third-order valence-corrected chi connectivity index (χ3v) is 4.03. The average molecular weight is 305 g/mol. The Hall–Kier alpha value is -2.34. The minimum Gasteiger partial charge on any atom is -0.307 e. The zero-order valence-corrected chi connectivity index (χ0v) is 11.5. The van der Waals surface area contributed by atoms with E-state index in [-0.39, 0.29) is 17.7 Å². The topological polar surface area (TPSA) is 39.1 Å². The number of carbonyl (C=O) groups is 1. The van der Waals surface area contributed by atoms with Crippen molar-refractivity contribution in [1.29, 1.82) is 0 Å². The Labute approximate surface area is 122 Å². The first-order chi connectivity index (χ1) is 10.1. The van der Waals surface area contributed by atoms with Crippen LogP contribution >= 0.6 is 11.3 Å². The number of Topliss-reactive ketones (excluding diaryl/α,β-unsaturated/α-hetero) is 1. The molecule has 3 rings (SSSR count). The van der Waals surface area contributed by atoms with Crippen molar-refractivity contribution >= 4 is 27.2 Å². The molecule has 0 N–H and O–H groups in total. The van der Waals surface area contributed by atoms with E-state index >= 15 is 0 Å². The second-order valence-electron chi connectivity index (χ2n) is 4.50. The maximum Gasteiger partial charge on any atom is 0.259 e. The Morgan fingerprint density at radius 2 is 1.95 bits per heavy atom. The minimum absolute atomic E-state index is 0.0335. The number of fused-ring (bicyclic) bond motifs is 1. The molecule has 106 valence electrons. The molecule has 0 unspecified atom stereocenters. The summed E-state index contributed by atoms with van der Waals surface area (Å²) in [6.45, 7) is -0.213. The number of rotatable bonds is 3. The van der Waals surface area contributed by atoms with E-state index in [0.29, 0.717) is 5.39 Å². The van der Waals surface area contributed by atoms with E-state index in [1.165, 1.54) is 28.2 Å². The summed E-state index contributed by atoms with van der Waals surface area (Å²) in [5.41, 5.74) is -0.240. The summed E-state index contributed by atoms with van der Waals surface area (Å²) in [5, 5.41) is 2.34. The van der Waals surface area contributed by atoms with Crippen molar-refractivity contribution in [3.05, 3.63) is 69.5 Å². The number of carbonyl (C=O) groups excluding carboxylic acids is 1. The summed E-state index contributed by atoms with van der Waals surface area (Å²) < 4.78 is 28.1. The maximum atomic E-state index is 13.1. The maximum absolute atomic E-state index is 13.1. The van der Waals surface area contributed by atoms with Gasteiger partial charge in [-0.15, -0.1) is 11.3 Å². The van der Waals surface area contributed by atoms with Crippen molar-refractivity contribution < 1.29 is 13.6 Å². The highest BCUT2D eigenvalue weighted by Gasteiger charge is 2.12. The summed E-state index contributed by atoms with van der Waals surface area (Å²) in [5.74, 6) is -2.55. The monoisotopic (exact) mass is 305 g/mol. The molecule has 1 aromatic carbocycles. The number of halogens is 2. The van der Waals surface area contributed by atoms with Gasteiger partial charge in [0.05, 0.1) is 11.9 Å². The fourth-order valence-electron chi connectivity index (χ4n) is 2.05. The van der Waals surface area contributed by atoms with E-state index in [1.54, 1.807) is 17.5 Å². The van der Waals surface area contributed by atoms with Gasteiger partial charge in [0.25, 0.3) is 5.56 Å². The summed E-state index contributed by atoms with van der Waals surface area (Å²) in [7, 11) is 0. The number of hydrogen-bond donors (Lipinski definition) is 0. The molecule has 2 heterocycles. The minimum atomic E-state index is -1.08. The zero-order valence-electron chi connectivity index (χ0n) is 10.7. The van der Waals surface area contributed by atoms with Crippen molar-refractivity contribution in [2.75, 3.05) is 0 Å². The third kappa shape index (κ3) is 2.50. The molecule has 0 atom stereocenters. The molecule has 0 saturated heterocycles. The van der Waals surface area contributed by atoms with Crippen molar-refractivity contribution in [1.82, 2.24) is 4.57 Å². The van der Waals surface area contributed by atoms with Crippen LogP contribution in [0.4, 0.5) is 8.78 Å². The van der Waals surface area contributed by atoms with E-state index in [1.807, 2.05) is 0 Å². The van der Waals surface area contributed by atoms with Crippen LogP contribution in [-0.4, -0.2) is 10.4 Å². The number of pyridine rings is 1. The van der Waals surface area contributed by atoms with Crippen LogP contribution in [0.3, 0.4) is 0 Å².